The molecular formula is C13H20N6. The Morgan fingerprint density at radius 1 is 1.16 bits per heavy atom. The fraction of sp³-hybridized carbons (Fsp3) is 0.462. The molecule has 6 nitrogen and oxygen atoms in total. The summed E-state index contributed by atoms with van der Waals surface area (Å²) in [5, 5.41) is 10.7. The monoisotopic (exact) mass is 260 g/mol. The van der Waals surface area contributed by atoms with Crippen LogP contribution in [-0.2, 0) is 6.54 Å². The summed E-state index contributed by atoms with van der Waals surface area (Å²) in [6.45, 7) is 4.83. The highest BCUT2D eigenvalue weighted by molar-refractivity contribution is 5.46. The Morgan fingerprint density at radius 2 is 1.95 bits per heavy atom. The highest BCUT2D eigenvalue weighted by atomic mass is 15.3. The molecule has 0 aliphatic rings. The zero-order valence-corrected chi connectivity index (χ0v) is 11.2. The standard InChI is InChI=1S/C13H20N6/c1-2-5-14-12-10-13(17-11-16-12)15-6-3-8-19-9-4-7-18-19/h4,7,9-11H,2-3,5-6,8H2,1H3,(H2,14,15,16,17). The summed E-state index contributed by atoms with van der Waals surface area (Å²) >= 11 is 0. The number of hydrogen-bond donors (Lipinski definition) is 2. The van der Waals surface area contributed by atoms with Crippen LogP contribution in [0.25, 0.3) is 0 Å². The van der Waals surface area contributed by atoms with Crippen LogP contribution in [0, 0.1) is 0 Å². The number of hydrogen-bond acceptors (Lipinski definition) is 5. The third-order valence-electron chi connectivity index (χ3n) is 2.65. The molecule has 2 aromatic heterocycles. The molecule has 0 radical (unpaired) electrons. The fourth-order valence-electron chi connectivity index (χ4n) is 1.69. The third-order valence-corrected chi connectivity index (χ3v) is 2.65. The minimum absolute atomic E-state index is 0.856. The van der Waals surface area contributed by atoms with Crippen LogP contribution < -0.4 is 10.6 Å². The van der Waals surface area contributed by atoms with Crippen molar-refractivity contribution in [1.82, 2.24) is 19.7 Å². The molecule has 0 aliphatic heterocycles. The van der Waals surface area contributed by atoms with Crippen molar-refractivity contribution in [3.8, 4) is 0 Å². The fourth-order valence-corrected chi connectivity index (χ4v) is 1.69. The van der Waals surface area contributed by atoms with Crippen LogP contribution in [-0.4, -0.2) is 32.8 Å². The van der Waals surface area contributed by atoms with Gasteiger partial charge in [0.05, 0.1) is 0 Å². The second kappa shape index (κ2) is 7.35. The van der Waals surface area contributed by atoms with Crippen molar-refractivity contribution in [2.75, 3.05) is 23.7 Å². The van der Waals surface area contributed by atoms with Crippen LogP contribution in [0.15, 0.2) is 30.9 Å². The van der Waals surface area contributed by atoms with E-state index in [1.807, 2.05) is 23.0 Å². The highest BCUT2D eigenvalue weighted by Crippen LogP contribution is 2.08. The van der Waals surface area contributed by atoms with Crippen LogP contribution in [0.4, 0.5) is 11.6 Å². The van der Waals surface area contributed by atoms with E-state index < -0.39 is 0 Å². The van der Waals surface area contributed by atoms with Crippen LogP contribution in [0.2, 0.25) is 0 Å². The first-order valence-electron chi connectivity index (χ1n) is 6.65. The zero-order valence-electron chi connectivity index (χ0n) is 11.2. The number of aromatic nitrogens is 4. The number of aryl methyl sites for hydroxylation is 1. The maximum Gasteiger partial charge on any atom is 0.131 e. The van der Waals surface area contributed by atoms with Gasteiger partial charge in [0.1, 0.15) is 18.0 Å². The van der Waals surface area contributed by atoms with Gasteiger partial charge in [-0.05, 0) is 18.9 Å². The first-order valence-corrected chi connectivity index (χ1v) is 6.65. The van der Waals surface area contributed by atoms with Gasteiger partial charge < -0.3 is 10.6 Å². The number of anilines is 2. The molecule has 0 fully saturated rings. The van der Waals surface area contributed by atoms with E-state index in [-0.39, 0.29) is 0 Å². The lowest BCUT2D eigenvalue weighted by Crippen LogP contribution is -2.09. The maximum absolute atomic E-state index is 4.20. The lowest BCUT2D eigenvalue weighted by molar-refractivity contribution is 0.591. The van der Waals surface area contributed by atoms with E-state index in [1.54, 1.807) is 12.5 Å². The van der Waals surface area contributed by atoms with Gasteiger partial charge in [0.2, 0.25) is 0 Å². The topological polar surface area (TPSA) is 67.7 Å². The molecule has 0 saturated heterocycles. The molecule has 2 rings (SSSR count). The van der Waals surface area contributed by atoms with Gasteiger partial charge in [-0.3, -0.25) is 4.68 Å². The molecule has 6 heteroatoms. The molecule has 0 aromatic carbocycles. The molecule has 0 amide bonds. The average Bonchev–Trinajstić information content (AvgIpc) is 2.95. The summed E-state index contributed by atoms with van der Waals surface area (Å²) in [7, 11) is 0. The largest absolute Gasteiger partial charge is 0.370 e. The summed E-state index contributed by atoms with van der Waals surface area (Å²) < 4.78 is 1.93. The molecule has 0 aliphatic carbocycles. The maximum atomic E-state index is 4.20. The Morgan fingerprint density at radius 3 is 2.63 bits per heavy atom. The van der Waals surface area contributed by atoms with Crippen molar-refractivity contribution in [2.45, 2.75) is 26.3 Å². The molecule has 0 unspecified atom stereocenters. The Labute approximate surface area is 113 Å². The van der Waals surface area contributed by atoms with Crippen molar-refractivity contribution in [1.29, 1.82) is 0 Å². The molecule has 0 atom stereocenters. The van der Waals surface area contributed by atoms with Gasteiger partial charge in [-0.15, -0.1) is 0 Å². The van der Waals surface area contributed by atoms with Gasteiger partial charge in [-0.1, -0.05) is 6.92 Å². The van der Waals surface area contributed by atoms with E-state index in [4.69, 9.17) is 0 Å². The third kappa shape index (κ3) is 4.57. The Kier molecular flexibility index (Phi) is 5.16. The van der Waals surface area contributed by atoms with Gasteiger partial charge in [-0.25, -0.2) is 9.97 Å². The van der Waals surface area contributed by atoms with E-state index in [0.717, 1.165) is 44.1 Å². The van der Waals surface area contributed by atoms with E-state index in [1.165, 1.54) is 0 Å². The van der Waals surface area contributed by atoms with Gasteiger partial charge in [-0.2, -0.15) is 5.10 Å². The summed E-state index contributed by atoms with van der Waals surface area (Å²) in [6.07, 6.45) is 7.43. The Bertz CT molecular complexity index is 468. The second-order valence-electron chi connectivity index (χ2n) is 4.26. The van der Waals surface area contributed by atoms with E-state index in [0.29, 0.717) is 0 Å². The van der Waals surface area contributed by atoms with E-state index in [9.17, 15) is 0 Å². The summed E-state index contributed by atoms with van der Waals surface area (Å²) in [5.74, 6) is 1.72. The van der Waals surface area contributed by atoms with Crippen molar-refractivity contribution in [3.05, 3.63) is 30.9 Å². The predicted molar refractivity (Wildman–Crippen MR) is 76.1 cm³/mol. The van der Waals surface area contributed by atoms with Gasteiger partial charge in [0.25, 0.3) is 0 Å². The van der Waals surface area contributed by atoms with Gasteiger partial charge in [0.15, 0.2) is 0 Å². The zero-order chi connectivity index (χ0) is 13.3. The minimum atomic E-state index is 0.856. The average molecular weight is 260 g/mol. The van der Waals surface area contributed by atoms with Gasteiger partial charge >= 0.3 is 0 Å². The molecule has 2 heterocycles. The van der Waals surface area contributed by atoms with Crippen molar-refractivity contribution < 1.29 is 0 Å². The lowest BCUT2D eigenvalue weighted by atomic mass is 10.4. The van der Waals surface area contributed by atoms with Crippen LogP contribution in [0.5, 0.6) is 0 Å². The first kappa shape index (κ1) is 13.3. The number of nitrogens with one attached hydrogen (secondary N) is 2. The summed E-state index contributed by atoms with van der Waals surface area (Å²) in [4.78, 5) is 8.37. The van der Waals surface area contributed by atoms with Gasteiger partial charge in [0, 0.05) is 38.1 Å². The quantitative estimate of drug-likeness (QED) is 0.711. The second-order valence-corrected chi connectivity index (χ2v) is 4.26. The normalized spacial score (nSPS) is 10.4. The molecule has 0 saturated carbocycles. The summed E-state index contributed by atoms with van der Waals surface area (Å²) in [5.41, 5.74) is 0. The van der Waals surface area contributed by atoms with E-state index >= 15 is 0 Å². The molecular weight excluding hydrogens is 240 g/mol. The smallest absolute Gasteiger partial charge is 0.131 e. The van der Waals surface area contributed by atoms with E-state index in [2.05, 4.69) is 32.6 Å². The molecule has 19 heavy (non-hydrogen) atoms. The molecule has 2 aromatic rings. The Hall–Kier alpha value is -2.11. The van der Waals surface area contributed by atoms with Crippen molar-refractivity contribution in [3.63, 3.8) is 0 Å². The van der Waals surface area contributed by atoms with Crippen LogP contribution >= 0.6 is 0 Å². The molecule has 0 spiro atoms. The lowest BCUT2D eigenvalue weighted by Gasteiger charge is -2.08. The number of rotatable bonds is 8. The van der Waals surface area contributed by atoms with Crippen LogP contribution in [0.3, 0.4) is 0 Å². The first-order chi connectivity index (χ1) is 9.38. The number of nitrogens with zero attached hydrogens (tertiary/aromatic N) is 4. The van der Waals surface area contributed by atoms with Crippen molar-refractivity contribution >= 4 is 11.6 Å². The van der Waals surface area contributed by atoms with Crippen molar-refractivity contribution in [2.24, 2.45) is 0 Å². The summed E-state index contributed by atoms with van der Waals surface area (Å²) in [6, 6.07) is 3.87. The Balaban J connectivity index is 1.73. The molecule has 2 N–H and O–H groups in total. The minimum Gasteiger partial charge on any atom is -0.370 e. The molecule has 0 bridgehead atoms. The highest BCUT2D eigenvalue weighted by Gasteiger charge is 1.97. The molecule has 102 valence electrons. The SMILES string of the molecule is CCCNc1cc(NCCCn2cccn2)ncn1. The van der Waals surface area contributed by atoms with Crippen LogP contribution in [0.1, 0.15) is 19.8 Å². The predicted octanol–water partition coefficient (Wildman–Crippen LogP) is 2.00.